The van der Waals surface area contributed by atoms with Crippen molar-refractivity contribution in [1.82, 2.24) is 9.88 Å². The molecule has 5 rings (SSSR count). The number of benzene rings is 3. The number of rotatable bonds is 12. The molecule has 10 heteroatoms. The van der Waals surface area contributed by atoms with Gasteiger partial charge in [0, 0.05) is 53.0 Å². The molecule has 10 nitrogen and oxygen atoms in total. The molecule has 0 spiro atoms. The summed E-state index contributed by atoms with van der Waals surface area (Å²) in [7, 11) is 0. The van der Waals surface area contributed by atoms with Crippen molar-refractivity contribution < 1.29 is 19.1 Å². The molecule has 45 heavy (non-hydrogen) atoms. The molecule has 0 radical (unpaired) electrons. The summed E-state index contributed by atoms with van der Waals surface area (Å²) < 4.78 is 7.12. The number of fused-ring (bicyclic) bond motifs is 1. The van der Waals surface area contributed by atoms with Gasteiger partial charge in [-0.05, 0) is 67.3 Å². The molecule has 1 aliphatic heterocycles. The van der Waals surface area contributed by atoms with Gasteiger partial charge in [-0.1, -0.05) is 56.5 Å². The van der Waals surface area contributed by atoms with Gasteiger partial charge in [-0.25, -0.2) is 4.79 Å². The summed E-state index contributed by atoms with van der Waals surface area (Å²) in [5, 5.41) is 14.9. The number of nitrogens with zero attached hydrogens (tertiary/aromatic N) is 2. The Labute approximate surface area is 263 Å². The SMILES string of the molecule is CCCCCCOC(=O)NC(=N)c1ccc2cc(C(=O)Nc3cccc(N4CCCC4)c3)n(Cc3ccc(C(N)=O)cc3)c2c1. The van der Waals surface area contributed by atoms with E-state index in [4.69, 9.17) is 15.9 Å². The zero-order valence-corrected chi connectivity index (χ0v) is 25.6. The summed E-state index contributed by atoms with van der Waals surface area (Å²) in [4.78, 5) is 40.0. The molecular formula is C35H40N6O4. The van der Waals surface area contributed by atoms with Crippen molar-refractivity contribution in [2.45, 2.75) is 52.0 Å². The van der Waals surface area contributed by atoms with Crippen molar-refractivity contribution >= 4 is 46.0 Å². The number of anilines is 2. The second kappa shape index (κ2) is 14.6. The van der Waals surface area contributed by atoms with Crippen molar-refractivity contribution in [3.63, 3.8) is 0 Å². The Morgan fingerprint density at radius 2 is 1.67 bits per heavy atom. The maximum atomic E-state index is 13.8. The van der Waals surface area contributed by atoms with Crippen LogP contribution in [0.2, 0.25) is 0 Å². The van der Waals surface area contributed by atoms with E-state index >= 15 is 0 Å². The van der Waals surface area contributed by atoms with Gasteiger partial charge >= 0.3 is 6.09 Å². The lowest BCUT2D eigenvalue weighted by Gasteiger charge is -2.18. The second-order valence-corrected chi connectivity index (χ2v) is 11.3. The molecule has 1 aliphatic rings. The molecule has 0 bridgehead atoms. The number of hydrogen-bond donors (Lipinski definition) is 4. The van der Waals surface area contributed by atoms with E-state index in [-0.39, 0.29) is 11.7 Å². The zero-order valence-electron chi connectivity index (χ0n) is 25.6. The molecule has 3 amide bonds. The number of amides is 3. The summed E-state index contributed by atoms with van der Waals surface area (Å²) in [5.74, 6) is -0.891. The fourth-order valence-corrected chi connectivity index (χ4v) is 5.58. The number of carbonyl (C=O) groups excluding carboxylic acids is 3. The highest BCUT2D eigenvalue weighted by atomic mass is 16.5. The number of unbranched alkanes of at least 4 members (excludes halogenated alkanes) is 3. The van der Waals surface area contributed by atoms with Crippen LogP contribution >= 0.6 is 0 Å². The van der Waals surface area contributed by atoms with Crippen LogP contribution in [0.25, 0.3) is 10.9 Å². The van der Waals surface area contributed by atoms with Gasteiger partial charge in [0.15, 0.2) is 0 Å². The maximum Gasteiger partial charge on any atom is 0.412 e. The number of carbonyl (C=O) groups is 3. The highest BCUT2D eigenvalue weighted by Gasteiger charge is 2.19. The minimum atomic E-state index is -0.669. The summed E-state index contributed by atoms with van der Waals surface area (Å²) in [6, 6.07) is 22.0. The van der Waals surface area contributed by atoms with Gasteiger partial charge < -0.3 is 25.3 Å². The van der Waals surface area contributed by atoms with Crippen LogP contribution in [0.5, 0.6) is 0 Å². The number of primary amides is 1. The minimum absolute atomic E-state index is 0.0984. The Morgan fingerprint density at radius 1 is 0.911 bits per heavy atom. The highest BCUT2D eigenvalue weighted by Crippen LogP contribution is 2.26. The van der Waals surface area contributed by atoms with E-state index in [1.54, 1.807) is 36.4 Å². The van der Waals surface area contributed by atoms with Crippen LogP contribution in [-0.2, 0) is 11.3 Å². The average Bonchev–Trinajstić information content (AvgIpc) is 3.70. The van der Waals surface area contributed by atoms with Gasteiger partial charge in [0.25, 0.3) is 5.91 Å². The van der Waals surface area contributed by atoms with Gasteiger partial charge in [-0.2, -0.15) is 0 Å². The van der Waals surface area contributed by atoms with Gasteiger partial charge in [-0.15, -0.1) is 0 Å². The largest absolute Gasteiger partial charge is 0.449 e. The topological polar surface area (TPSA) is 143 Å². The van der Waals surface area contributed by atoms with Crippen molar-refractivity contribution in [3.05, 3.63) is 95.2 Å². The molecule has 0 atom stereocenters. The number of amidine groups is 1. The molecule has 3 aromatic carbocycles. The van der Waals surface area contributed by atoms with Crippen LogP contribution in [0.15, 0.2) is 72.8 Å². The van der Waals surface area contributed by atoms with Crippen LogP contribution in [0.4, 0.5) is 16.2 Å². The fourth-order valence-electron chi connectivity index (χ4n) is 5.58. The lowest BCUT2D eigenvalue weighted by atomic mass is 10.1. The number of nitrogens with one attached hydrogen (secondary N) is 3. The van der Waals surface area contributed by atoms with Crippen molar-refractivity contribution in [2.75, 3.05) is 29.9 Å². The third kappa shape index (κ3) is 7.89. The molecule has 1 saturated heterocycles. The smallest absolute Gasteiger partial charge is 0.412 e. The third-order valence-corrected chi connectivity index (χ3v) is 8.04. The predicted molar refractivity (Wildman–Crippen MR) is 177 cm³/mol. The summed E-state index contributed by atoms with van der Waals surface area (Å²) >= 11 is 0. The van der Waals surface area contributed by atoms with Gasteiger partial charge in [0.05, 0.1) is 6.61 Å². The molecular weight excluding hydrogens is 568 g/mol. The number of ether oxygens (including phenoxy) is 1. The van der Waals surface area contributed by atoms with Crippen LogP contribution in [0.1, 0.15) is 77.4 Å². The summed E-state index contributed by atoms with van der Waals surface area (Å²) in [6.45, 7) is 4.75. The minimum Gasteiger partial charge on any atom is -0.449 e. The maximum absolute atomic E-state index is 13.8. The van der Waals surface area contributed by atoms with Crippen LogP contribution in [0, 0.1) is 5.41 Å². The van der Waals surface area contributed by atoms with Crippen LogP contribution < -0.4 is 21.3 Å². The van der Waals surface area contributed by atoms with E-state index in [1.165, 1.54) is 0 Å². The fraction of sp³-hybridized carbons (Fsp3) is 0.314. The Balaban J connectivity index is 1.41. The average molecular weight is 609 g/mol. The Hall–Kier alpha value is -5.12. The molecule has 0 aliphatic carbocycles. The van der Waals surface area contributed by atoms with E-state index in [9.17, 15) is 14.4 Å². The number of nitrogens with two attached hydrogens (primary N) is 1. The number of alkyl carbamates (subject to hydrolysis) is 1. The zero-order chi connectivity index (χ0) is 31.8. The number of hydrogen-bond acceptors (Lipinski definition) is 6. The lowest BCUT2D eigenvalue weighted by Crippen LogP contribution is -2.31. The quantitative estimate of drug-likeness (QED) is 0.0852. The molecule has 234 valence electrons. The molecule has 5 N–H and O–H groups in total. The van der Waals surface area contributed by atoms with Crippen molar-refractivity contribution in [1.29, 1.82) is 5.41 Å². The van der Waals surface area contributed by atoms with E-state index < -0.39 is 12.0 Å². The normalized spacial score (nSPS) is 12.7. The van der Waals surface area contributed by atoms with Crippen LogP contribution in [-0.4, -0.2) is 48.0 Å². The first-order chi connectivity index (χ1) is 21.8. The van der Waals surface area contributed by atoms with Gasteiger partial charge in [0.1, 0.15) is 11.5 Å². The Bertz CT molecular complexity index is 1690. The molecule has 1 aromatic heterocycles. The van der Waals surface area contributed by atoms with Crippen molar-refractivity contribution in [3.8, 4) is 0 Å². The summed E-state index contributed by atoms with van der Waals surface area (Å²) in [6.07, 6.45) is 5.59. The Morgan fingerprint density at radius 3 is 2.40 bits per heavy atom. The molecule has 4 aromatic rings. The molecule has 1 fully saturated rings. The monoisotopic (exact) mass is 608 g/mol. The lowest BCUT2D eigenvalue weighted by molar-refractivity contribution is 0.0996. The standard InChI is InChI=1S/C35H40N6O4/c1-2-3-4-7-19-45-35(44)39-32(36)27-16-15-26-20-31(34(43)38-28-9-8-10-29(22-28)40-17-5-6-18-40)41(30(26)21-27)23-24-11-13-25(14-12-24)33(37)42/h8-16,20-22H,2-7,17-19,23H2,1H3,(H2,37,42)(H,38,43)(H2,36,39,44). The first-order valence-electron chi connectivity index (χ1n) is 15.5. The van der Waals surface area contributed by atoms with E-state index in [1.807, 2.05) is 34.9 Å². The van der Waals surface area contributed by atoms with Gasteiger partial charge in [0.2, 0.25) is 5.91 Å². The predicted octanol–water partition coefficient (Wildman–Crippen LogP) is 6.27. The van der Waals surface area contributed by atoms with Crippen molar-refractivity contribution in [2.24, 2.45) is 5.73 Å². The summed E-state index contributed by atoms with van der Waals surface area (Å²) in [5.41, 5.74) is 10.1. The van der Waals surface area contributed by atoms with Gasteiger partial charge in [-0.3, -0.25) is 20.3 Å². The first-order valence-corrected chi connectivity index (χ1v) is 15.5. The molecule has 0 unspecified atom stereocenters. The van der Waals surface area contributed by atoms with Crippen LogP contribution in [0.3, 0.4) is 0 Å². The van der Waals surface area contributed by atoms with E-state index in [2.05, 4.69) is 28.5 Å². The van der Waals surface area contributed by atoms with E-state index in [0.29, 0.717) is 41.2 Å². The highest BCUT2D eigenvalue weighted by molar-refractivity contribution is 6.09. The Kier molecular flexibility index (Phi) is 10.1. The first kappa shape index (κ1) is 31.3. The number of aromatic nitrogens is 1. The molecule has 2 heterocycles. The second-order valence-electron chi connectivity index (χ2n) is 11.3. The van der Waals surface area contributed by atoms with E-state index in [0.717, 1.165) is 68.3 Å². The third-order valence-electron chi connectivity index (χ3n) is 8.04. The molecule has 0 saturated carbocycles.